The van der Waals surface area contributed by atoms with Gasteiger partial charge in [0, 0.05) is 54.6 Å². The predicted octanol–water partition coefficient (Wildman–Crippen LogP) is 3.22. The van der Waals surface area contributed by atoms with Crippen LogP contribution in [0.4, 0.5) is 5.69 Å². The van der Waals surface area contributed by atoms with Crippen LogP contribution < -0.4 is 4.90 Å². The number of carbonyl (C=O) groups excluding carboxylic acids is 1. The number of piperazine rings is 1. The highest BCUT2D eigenvalue weighted by molar-refractivity contribution is 6.30. The van der Waals surface area contributed by atoms with E-state index in [0.29, 0.717) is 24.7 Å². The molecule has 0 atom stereocenters. The Balaban J connectivity index is 1.34. The van der Waals surface area contributed by atoms with Crippen LogP contribution in [0.25, 0.3) is 5.65 Å². The normalized spacial score (nSPS) is 17.5. The van der Waals surface area contributed by atoms with E-state index >= 15 is 0 Å². The molecule has 2 aliphatic rings. The van der Waals surface area contributed by atoms with E-state index in [1.54, 1.807) is 6.20 Å². The maximum absolute atomic E-state index is 13.1. The molecule has 0 spiro atoms. The maximum Gasteiger partial charge on any atom is 0.272 e. The molecule has 27 heavy (non-hydrogen) atoms. The Morgan fingerprint density at radius 3 is 2.63 bits per heavy atom. The lowest BCUT2D eigenvalue weighted by molar-refractivity contribution is 0.0741. The second kappa shape index (κ2) is 6.53. The van der Waals surface area contributed by atoms with Crippen LogP contribution in [0.2, 0.25) is 5.02 Å². The van der Waals surface area contributed by atoms with Crippen molar-refractivity contribution in [1.29, 1.82) is 0 Å². The van der Waals surface area contributed by atoms with E-state index in [0.717, 1.165) is 48.0 Å². The molecule has 0 bridgehead atoms. The van der Waals surface area contributed by atoms with Crippen molar-refractivity contribution in [2.45, 2.75) is 18.8 Å². The summed E-state index contributed by atoms with van der Waals surface area (Å²) < 4.78 is 1.87. The van der Waals surface area contributed by atoms with Crippen molar-refractivity contribution in [2.24, 2.45) is 0 Å². The molecular formula is C20H20ClN5O. The van der Waals surface area contributed by atoms with Crippen LogP contribution in [0, 0.1) is 0 Å². The van der Waals surface area contributed by atoms with Crippen molar-refractivity contribution < 1.29 is 4.79 Å². The molecule has 0 N–H and O–H groups in total. The molecule has 3 heterocycles. The van der Waals surface area contributed by atoms with E-state index in [1.807, 2.05) is 39.7 Å². The van der Waals surface area contributed by atoms with Gasteiger partial charge in [-0.15, -0.1) is 0 Å². The summed E-state index contributed by atoms with van der Waals surface area (Å²) in [6, 6.07) is 11.7. The minimum atomic E-state index is 0.00587. The van der Waals surface area contributed by atoms with E-state index < -0.39 is 0 Å². The third kappa shape index (κ3) is 3.14. The Kier molecular flexibility index (Phi) is 4.01. The zero-order valence-electron chi connectivity index (χ0n) is 14.9. The van der Waals surface area contributed by atoms with E-state index in [2.05, 4.69) is 21.0 Å². The third-order valence-corrected chi connectivity index (χ3v) is 5.58. The lowest BCUT2D eigenvalue weighted by atomic mass is 10.2. The average molecular weight is 382 g/mol. The van der Waals surface area contributed by atoms with Gasteiger partial charge in [-0.1, -0.05) is 17.7 Å². The summed E-state index contributed by atoms with van der Waals surface area (Å²) in [7, 11) is 0. The highest BCUT2D eigenvalue weighted by atomic mass is 35.5. The monoisotopic (exact) mass is 381 g/mol. The van der Waals surface area contributed by atoms with E-state index in [-0.39, 0.29) is 5.91 Å². The fourth-order valence-electron chi connectivity index (χ4n) is 3.72. The molecule has 0 radical (unpaired) electrons. The molecule has 1 amide bonds. The van der Waals surface area contributed by atoms with Gasteiger partial charge < -0.3 is 9.80 Å². The Labute approximate surface area is 162 Å². The van der Waals surface area contributed by atoms with Crippen molar-refractivity contribution in [1.82, 2.24) is 19.5 Å². The Bertz CT molecular complexity index is 1000. The summed E-state index contributed by atoms with van der Waals surface area (Å²) in [5, 5.41) is 5.09. The highest BCUT2D eigenvalue weighted by Crippen LogP contribution is 2.40. The van der Waals surface area contributed by atoms with Crippen LogP contribution in [0.1, 0.15) is 34.9 Å². The molecule has 1 saturated carbocycles. The Morgan fingerprint density at radius 2 is 1.89 bits per heavy atom. The van der Waals surface area contributed by atoms with E-state index in [9.17, 15) is 4.79 Å². The molecule has 0 unspecified atom stereocenters. The molecule has 5 rings (SSSR count). The summed E-state index contributed by atoms with van der Waals surface area (Å²) in [5.41, 5.74) is 3.48. The van der Waals surface area contributed by atoms with Crippen LogP contribution in [0.5, 0.6) is 0 Å². The van der Waals surface area contributed by atoms with E-state index in [4.69, 9.17) is 11.6 Å². The first-order chi connectivity index (χ1) is 13.2. The first-order valence-corrected chi connectivity index (χ1v) is 9.71. The first-order valence-electron chi connectivity index (χ1n) is 9.33. The molecule has 1 aliphatic carbocycles. The predicted molar refractivity (Wildman–Crippen MR) is 105 cm³/mol. The second-order valence-corrected chi connectivity index (χ2v) is 7.64. The molecule has 2 aromatic heterocycles. The number of fused-ring (bicyclic) bond motifs is 1. The zero-order chi connectivity index (χ0) is 18.4. The van der Waals surface area contributed by atoms with Crippen LogP contribution in [-0.2, 0) is 0 Å². The number of hydrogen-bond acceptors (Lipinski definition) is 4. The van der Waals surface area contributed by atoms with Crippen molar-refractivity contribution in [3.8, 4) is 0 Å². The topological polar surface area (TPSA) is 53.7 Å². The molecule has 3 aromatic rings. The number of hydrogen-bond donors (Lipinski definition) is 0. The minimum Gasteiger partial charge on any atom is -0.368 e. The molecule has 6 nitrogen and oxygen atoms in total. The van der Waals surface area contributed by atoms with Crippen LogP contribution in [0.3, 0.4) is 0 Å². The van der Waals surface area contributed by atoms with Gasteiger partial charge in [-0.2, -0.15) is 5.10 Å². The van der Waals surface area contributed by atoms with Crippen LogP contribution in [0.15, 0.2) is 42.6 Å². The van der Waals surface area contributed by atoms with E-state index in [1.165, 1.54) is 0 Å². The first kappa shape index (κ1) is 16.6. The van der Waals surface area contributed by atoms with Gasteiger partial charge in [0.2, 0.25) is 0 Å². The summed E-state index contributed by atoms with van der Waals surface area (Å²) in [6.07, 6.45) is 4.06. The number of amides is 1. The number of anilines is 1. The lowest BCUT2D eigenvalue weighted by Gasteiger charge is -2.36. The number of benzene rings is 1. The zero-order valence-corrected chi connectivity index (χ0v) is 15.6. The summed E-state index contributed by atoms with van der Waals surface area (Å²) in [4.78, 5) is 21.8. The molecular weight excluding hydrogens is 362 g/mol. The third-order valence-electron chi connectivity index (χ3n) is 5.34. The molecule has 138 valence electrons. The minimum absolute atomic E-state index is 0.00587. The molecule has 7 heteroatoms. The summed E-state index contributed by atoms with van der Waals surface area (Å²) in [5.74, 6) is 0.507. The molecule has 1 aliphatic heterocycles. The van der Waals surface area contributed by atoms with Gasteiger partial charge in [-0.25, -0.2) is 9.50 Å². The standard InChI is InChI=1S/C20H20ClN5O/c21-15-2-1-3-16(12-15)24-8-10-25(11-9-24)20(27)17-13-18(14-4-5-14)26-19(23-17)6-7-22-26/h1-3,6-7,12-14H,4-5,8-11H2. The van der Waals surface area contributed by atoms with Gasteiger partial charge in [0.15, 0.2) is 5.65 Å². The second-order valence-electron chi connectivity index (χ2n) is 7.20. The smallest absolute Gasteiger partial charge is 0.272 e. The Morgan fingerprint density at radius 1 is 1.07 bits per heavy atom. The van der Waals surface area contributed by atoms with Gasteiger partial charge >= 0.3 is 0 Å². The number of carbonyl (C=O) groups is 1. The number of halogens is 1. The average Bonchev–Trinajstić information content (AvgIpc) is 3.43. The Hall–Kier alpha value is -2.60. The summed E-state index contributed by atoms with van der Waals surface area (Å²) in [6.45, 7) is 2.93. The SMILES string of the molecule is O=C(c1cc(C2CC2)n2nccc2n1)N1CCN(c2cccc(Cl)c2)CC1. The van der Waals surface area contributed by atoms with Crippen molar-refractivity contribution >= 4 is 28.8 Å². The van der Waals surface area contributed by atoms with Crippen LogP contribution in [-0.4, -0.2) is 51.6 Å². The van der Waals surface area contributed by atoms with Crippen molar-refractivity contribution in [3.63, 3.8) is 0 Å². The van der Waals surface area contributed by atoms with Crippen molar-refractivity contribution in [2.75, 3.05) is 31.1 Å². The highest BCUT2D eigenvalue weighted by Gasteiger charge is 2.30. The van der Waals surface area contributed by atoms with Crippen molar-refractivity contribution in [3.05, 3.63) is 59.0 Å². The van der Waals surface area contributed by atoms with Gasteiger partial charge in [0.05, 0.1) is 6.20 Å². The van der Waals surface area contributed by atoms with Gasteiger partial charge in [-0.05, 0) is 37.1 Å². The van der Waals surface area contributed by atoms with Gasteiger partial charge in [0.25, 0.3) is 5.91 Å². The number of nitrogens with zero attached hydrogens (tertiary/aromatic N) is 5. The largest absolute Gasteiger partial charge is 0.368 e. The quantitative estimate of drug-likeness (QED) is 0.699. The fraction of sp³-hybridized carbons (Fsp3) is 0.350. The number of rotatable bonds is 3. The van der Waals surface area contributed by atoms with Gasteiger partial charge in [-0.3, -0.25) is 4.79 Å². The number of aromatic nitrogens is 3. The maximum atomic E-state index is 13.1. The summed E-state index contributed by atoms with van der Waals surface area (Å²) >= 11 is 6.10. The van der Waals surface area contributed by atoms with Gasteiger partial charge in [0.1, 0.15) is 5.69 Å². The van der Waals surface area contributed by atoms with Crippen LogP contribution >= 0.6 is 11.6 Å². The molecule has 1 aromatic carbocycles. The molecule has 2 fully saturated rings. The molecule has 1 saturated heterocycles. The lowest BCUT2D eigenvalue weighted by Crippen LogP contribution is -2.49. The fourth-order valence-corrected chi connectivity index (χ4v) is 3.90.